The summed E-state index contributed by atoms with van der Waals surface area (Å²) in [6.45, 7) is -0.355. The van der Waals surface area contributed by atoms with E-state index in [0.717, 1.165) is 4.68 Å². The second-order valence-electron chi connectivity index (χ2n) is 5.36. The number of amides is 1. The van der Waals surface area contributed by atoms with Crippen molar-refractivity contribution in [3.05, 3.63) is 64.8 Å². The van der Waals surface area contributed by atoms with Crippen LogP contribution in [-0.2, 0) is 11.3 Å². The quantitative estimate of drug-likeness (QED) is 0.556. The van der Waals surface area contributed by atoms with Crippen molar-refractivity contribution in [1.29, 1.82) is 0 Å². The number of nitrogens with zero attached hydrogens (tertiary/aromatic N) is 5. The van der Waals surface area contributed by atoms with E-state index in [4.69, 9.17) is 20.4 Å². The highest BCUT2D eigenvalue weighted by Gasteiger charge is 2.16. The number of carbonyl (C=O) groups excluding carboxylic acids is 1. The smallest absolute Gasteiger partial charge is 0.437 e. The molecule has 1 aromatic carbocycles. The van der Waals surface area contributed by atoms with Crippen LogP contribution in [0.3, 0.4) is 0 Å². The maximum Gasteiger partial charge on any atom is 0.437 e. The molecule has 4 aromatic rings. The molecule has 3 aromatic heterocycles. The topological polar surface area (TPSA) is 121 Å². The molecule has 27 heavy (non-hydrogen) atoms. The Balaban J connectivity index is 1.56. The first kappa shape index (κ1) is 16.8. The summed E-state index contributed by atoms with van der Waals surface area (Å²) in [5, 5.41) is 11.1. The van der Waals surface area contributed by atoms with Gasteiger partial charge in [-0.3, -0.25) is 4.79 Å². The fourth-order valence-electron chi connectivity index (χ4n) is 2.37. The Morgan fingerprint density at radius 2 is 2.19 bits per heavy atom. The first-order valence-corrected chi connectivity index (χ1v) is 8.04. The molecule has 0 unspecified atom stereocenters. The van der Waals surface area contributed by atoms with Gasteiger partial charge >= 0.3 is 5.76 Å². The second-order valence-corrected chi connectivity index (χ2v) is 5.79. The highest BCUT2D eigenvalue weighted by atomic mass is 35.5. The first-order valence-electron chi connectivity index (χ1n) is 7.66. The molecule has 0 atom stereocenters. The lowest BCUT2D eigenvalue weighted by Gasteiger charge is -2.11. The minimum atomic E-state index is -0.779. The second kappa shape index (κ2) is 6.92. The molecule has 0 saturated heterocycles. The summed E-state index contributed by atoms with van der Waals surface area (Å²) >= 11 is 6.02. The third-order valence-electron chi connectivity index (χ3n) is 3.53. The van der Waals surface area contributed by atoms with Crippen LogP contribution in [-0.4, -0.2) is 30.5 Å². The summed E-state index contributed by atoms with van der Waals surface area (Å²) < 4.78 is 12.5. The highest BCUT2D eigenvalue weighted by molar-refractivity contribution is 6.31. The molecule has 4 rings (SSSR count). The van der Waals surface area contributed by atoms with Crippen molar-refractivity contribution in [3.63, 3.8) is 0 Å². The number of halogens is 1. The number of anilines is 1. The van der Waals surface area contributed by atoms with Gasteiger partial charge in [0.25, 0.3) is 5.89 Å². The number of carbonyl (C=O) groups is 1. The van der Waals surface area contributed by atoms with E-state index in [0.29, 0.717) is 16.4 Å². The number of rotatable bonds is 5. The number of benzene rings is 1. The third-order valence-corrected chi connectivity index (χ3v) is 3.76. The van der Waals surface area contributed by atoms with E-state index in [1.54, 1.807) is 30.3 Å². The van der Waals surface area contributed by atoms with Gasteiger partial charge in [0.2, 0.25) is 5.91 Å². The number of hydrogen-bond acceptors (Lipinski definition) is 7. The van der Waals surface area contributed by atoms with Crippen molar-refractivity contribution in [2.75, 3.05) is 5.32 Å². The van der Waals surface area contributed by atoms with Crippen LogP contribution >= 0.6 is 11.6 Å². The van der Waals surface area contributed by atoms with Crippen molar-refractivity contribution in [3.8, 4) is 17.3 Å². The zero-order valence-corrected chi connectivity index (χ0v) is 14.3. The molecule has 10 nitrogen and oxygen atoms in total. The summed E-state index contributed by atoms with van der Waals surface area (Å²) in [5.74, 6) is -1.00. The standard InChI is InChI=1S/C16H11ClN6O4/c17-10-3-4-12(23-9-18-8-19-23)11(6-10)20-14(24)7-22-16(25)27-15(21-22)13-2-1-5-26-13/h1-6,8-9H,7H2,(H,20,24). The van der Waals surface area contributed by atoms with Crippen LogP contribution in [0.2, 0.25) is 5.02 Å². The lowest BCUT2D eigenvalue weighted by Crippen LogP contribution is -2.26. The molecule has 11 heteroatoms. The van der Waals surface area contributed by atoms with Crippen LogP contribution in [0.4, 0.5) is 5.69 Å². The van der Waals surface area contributed by atoms with Gasteiger partial charge in [-0.15, -0.1) is 5.10 Å². The van der Waals surface area contributed by atoms with Gasteiger partial charge in [-0.2, -0.15) is 9.78 Å². The molecule has 136 valence electrons. The molecule has 0 aliphatic rings. The molecule has 3 heterocycles. The average molecular weight is 387 g/mol. The molecule has 0 radical (unpaired) electrons. The predicted molar refractivity (Wildman–Crippen MR) is 93.5 cm³/mol. The van der Waals surface area contributed by atoms with Gasteiger partial charge < -0.3 is 14.2 Å². The fourth-order valence-corrected chi connectivity index (χ4v) is 2.54. The molecule has 0 fully saturated rings. The van der Waals surface area contributed by atoms with Crippen LogP contribution in [0.5, 0.6) is 0 Å². The van der Waals surface area contributed by atoms with Crippen LogP contribution < -0.4 is 11.1 Å². The summed E-state index contributed by atoms with van der Waals surface area (Å²) in [6, 6.07) is 8.13. The van der Waals surface area contributed by atoms with Crippen LogP contribution in [0.1, 0.15) is 0 Å². The van der Waals surface area contributed by atoms with Gasteiger partial charge in [0.05, 0.1) is 17.6 Å². The minimum absolute atomic E-state index is 0.0103. The molecule has 1 N–H and O–H groups in total. The third kappa shape index (κ3) is 3.51. The Morgan fingerprint density at radius 3 is 2.93 bits per heavy atom. The SMILES string of the molecule is O=C(Cn1nc(-c2ccco2)oc1=O)Nc1cc(Cl)ccc1-n1cncn1. The van der Waals surface area contributed by atoms with E-state index in [9.17, 15) is 9.59 Å². The van der Waals surface area contributed by atoms with E-state index in [2.05, 4.69) is 20.5 Å². The molecule has 0 spiro atoms. The van der Waals surface area contributed by atoms with E-state index in [-0.39, 0.29) is 18.2 Å². The molecular formula is C16H11ClN6O4. The van der Waals surface area contributed by atoms with Gasteiger partial charge in [0, 0.05) is 5.02 Å². The Morgan fingerprint density at radius 1 is 1.30 bits per heavy atom. The molecular weight excluding hydrogens is 376 g/mol. The van der Waals surface area contributed by atoms with Gasteiger partial charge in [-0.25, -0.2) is 14.5 Å². The number of nitrogens with one attached hydrogen (secondary N) is 1. The molecule has 0 aliphatic carbocycles. The molecule has 0 bridgehead atoms. The molecule has 0 saturated carbocycles. The minimum Gasteiger partial charge on any atom is -0.459 e. The van der Waals surface area contributed by atoms with E-state index in [1.807, 2.05) is 0 Å². The highest BCUT2D eigenvalue weighted by Crippen LogP contribution is 2.24. The summed E-state index contributed by atoms with van der Waals surface area (Å²) in [5.41, 5.74) is 0.967. The maximum atomic E-state index is 12.4. The lowest BCUT2D eigenvalue weighted by atomic mass is 10.2. The van der Waals surface area contributed by atoms with Crippen molar-refractivity contribution in [1.82, 2.24) is 24.5 Å². The number of hydrogen-bond donors (Lipinski definition) is 1. The Kier molecular flexibility index (Phi) is 4.30. The van der Waals surface area contributed by atoms with Crippen molar-refractivity contribution < 1.29 is 13.6 Å². The zero-order valence-electron chi connectivity index (χ0n) is 13.6. The Bertz CT molecular complexity index is 1130. The largest absolute Gasteiger partial charge is 0.459 e. The van der Waals surface area contributed by atoms with Gasteiger partial charge in [0.1, 0.15) is 19.2 Å². The molecule has 1 amide bonds. The fraction of sp³-hybridized carbons (Fsp3) is 0.0625. The van der Waals surface area contributed by atoms with Gasteiger partial charge in [-0.05, 0) is 30.3 Å². The van der Waals surface area contributed by atoms with Crippen LogP contribution in [0.25, 0.3) is 17.3 Å². The summed E-state index contributed by atoms with van der Waals surface area (Å²) in [4.78, 5) is 28.2. The Hall–Kier alpha value is -3.66. The van der Waals surface area contributed by atoms with Gasteiger partial charge in [0.15, 0.2) is 5.76 Å². The van der Waals surface area contributed by atoms with Crippen molar-refractivity contribution >= 4 is 23.2 Å². The lowest BCUT2D eigenvalue weighted by molar-refractivity contribution is -0.117. The number of aromatic nitrogens is 5. The Labute approximate surface area is 156 Å². The van der Waals surface area contributed by atoms with Gasteiger partial charge in [-0.1, -0.05) is 11.6 Å². The summed E-state index contributed by atoms with van der Waals surface area (Å²) in [7, 11) is 0. The first-order chi connectivity index (χ1) is 13.1. The van der Waals surface area contributed by atoms with E-state index >= 15 is 0 Å². The normalized spacial score (nSPS) is 10.9. The van der Waals surface area contributed by atoms with Crippen molar-refractivity contribution in [2.24, 2.45) is 0 Å². The average Bonchev–Trinajstić information content (AvgIpc) is 3.37. The zero-order chi connectivity index (χ0) is 18.8. The van der Waals surface area contributed by atoms with E-state index in [1.165, 1.54) is 23.6 Å². The predicted octanol–water partition coefficient (Wildman–Crippen LogP) is 1.97. The van der Waals surface area contributed by atoms with Crippen molar-refractivity contribution in [2.45, 2.75) is 6.54 Å². The van der Waals surface area contributed by atoms with Crippen LogP contribution in [0, 0.1) is 0 Å². The van der Waals surface area contributed by atoms with Crippen LogP contribution in [0.15, 0.2) is 62.9 Å². The maximum absolute atomic E-state index is 12.4. The number of furan rings is 1. The monoisotopic (exact) mass is 386 g/mol. The molecule has 0 aliphatic heterocycles. The van der Waals surface area contributed by atoms with E-state index < -0.39 is 11.7 Å². The summed E-state index contributed by atoms with van der Waals surface area (Å²) in [6.07, 6.45) is 4.27.